The number of amides is 2. The van der Waals surface area contributed by atoms with Crippen LogP contribution in [0.5, 0.6) is 11.5 Å². The first kappa shape index (κ1) is 25.7. The van der Waals surface area contributed by atoms with Crippen molar-refractivity contribution in [3.8, 4) is 11.5 Å². The SMILES string of the molecule is COc1cc(NC(=O)c2ccccc2)c(OC)cc1NC(=O)CCNS(=O)(=O)c1ccc(C)cc1. The van der Waals surface area contributed by atoms with E-state index in [0.717, 1.165) is 5.56 Å². The van der Waals surface area contributed by atoms with Crippen molar-refractivity contribution in [1.29, 1.82) is 0 Å². The molecule has 10 heteroatoms. The summed E-state index contributed by atoms with van der Waals surface area (Å²) in [7, 11) is -0.862. The first-order valence-corrected chi connectivity index (χ1v) is 12.2. The Hall–Kier alpha value is -3.89. The van der Waals surface area contributed by atoms with Crippen LogP contribution in [0.15, 0.2) is 71.6 Å². The lowest BCUT2D eigenvalue weighted by molar-refractivity contribution is -0.116. The molecule has 0 radical (unpaired) electrons. The maximum Gasteiger partial charge on any atom is 0.255 e. The zero-order valence-electron chi connectivity index (χ0n) is 19.6. The molecule has 0 bridgehead atoms. The number of hydrogen-bond acceptors (Lipinski definition) is 6. The molecule has 3 rings (SSSR count). The van der Waals surface area contributed by atoms with Gasteiger partial charge in [-0.15, -0.1) is 0 Å². The van der Waals surface area contributed by atoms with Crippen LogP contribution in [0.4, 0.5) is 11.4 Å². The minimum absolute atomic E-state index is 0.0906. The second kappa shape index (κ2) is 11.5. The van der Waals surface area contributed by atoms with Crippen molar-refractivity contribution in [1.82, 2.24) is 4.72 Å². The van der Waals surface area contributed by atoms with Gasteiger partial charge in [0.15, 0.2) is 0 Å². The van der Waals surface area contributed by atoms with Crippen molar-refractivity contribution in [3.63, 3.8) is 0 Å². The highest BCUT2D eigenvalue weighted by Gasteiger charge is 2.17. The first-order chi connectivity index (χ1) is 16.7. The monoisotopic (exact) mass is 497 g/mol. The normalized spacial score (nSPS) is 10.9. The van der Waals surface area contributed by atoms with Gasteiger partial charge < -0.3 is 20.1 Å². The van der Waals surface area contributed by atoms with Gasteiger partial charge in [-0.1, -0.05) is 35.9 Å². The number of ether oxygens (including phenoxy) is 2. The topological polar surface area (TPSA) is 123 Å². The molecule has 0 aliphatic rings. The molecule has 0 fully saturated rings. The van der Waals surface area contributed by atoms with Gasteiger partial charge in [-0.05, 0) is 31.2 Å². The van der Waals surface area contributed by atoms with Crippen LogP contribution >= 0.6 is 0 Å². The van der Waals surface area contributed by atoms with Crippen molar-refractivity contribution in [2.45, 2.75) is 18.2 Å². The zero-order valence-corrected chi connectivity index (χ0v) is 20.4. The highest BCUT2D eigenvalue weighted by molar-refractivity contribution is 7.89. The number of carbonyl (C=O) groups excluding carboxylic acids is 2. The molecule has 0 aliphatic heterocycles. The molecule has 35 heavy (non-hydrogen) atoms. The molecule has 0 aliphatic carbocycles. The number of anilines is 2. The van der Waals surface area contributed by atoms with Crippen LogP contribution in [0, 0.1) is 6.92 Å². The fourth-order valence-corrected chi connectivity index (χ4v) is 4.22. The second-order valence-corrected chi connectivity index (χ2v) is 9.35. The first-order valence-electron chi connectivity index (χ1n) is 10.7. The minimum atomic E-state index is -3.72. The Morgan fingerprint density at radius 1 is 0.829 bits per heavy atom. The summed E-state index contributed by atoms with van der Waals surface area (Å²) in [5.41, 5.74) is 2.09. The van der Waals surface area contributed by atoms with Gasteiger partial charge in [0.25, 0.3) is 5.91 Å². The molecule has 0 saturated heterocycles. The van der Waals surface area contributed by atoms with Crippen molar-refractivity contribution < 1.29 is 27.5 Å². The highest BCUT2D eigenvalue weighted by Crippen LogP contribution is 2.36. The number of methoxy groups -OCH3 is 2. The third-order valence-corrected chi connectivity index (χ3v) is 6.53. The van der Waals surface area contributed by atoms with Crippen LogP contribution < -0.4 is 24.8 Å². The van der Waals surface area contributed by atoms with Crippen molar-refractivity contribution in [2.75, 3.05) is 31.4 Å². The summed E-state index contributed by atoms with van der Waals surface area (Å²) in [4.78, 5) is 25.1. The third kappa shape index (κ3) is 6.81. The maximum atomic E-state index is 12.5. The Bertz CT molecular complexity index is 1290. The van der Waals surface area contributed by atoms with E-state index >= 15 is 0 Å². The number of hydrogen-bond donors (Lipinski definition) is 3. The zero-order chi connectivity index (χ0) is 25.4. The molecule has 0 unspecified atom stereocenters. The lowest BCUT2D eigenvalue weighted by Crippen LogP contribution is -2.28. The Morgan fingerprint density at radius 2 is 1.40 bits per heavy atom. The average Bonchev–Trinajstić information content (AvgIpc) is 2.85. The molecule has 0 spiro atoms. The molecule has 3 aromatic rings. The Labute approximate surface area is 204 Å². The van der Waals surface area contributed by atoms with Gasteiger partial charge in [0.1, 0.15) is 11.5 Å². The molecule has 9 nitrogen and oxygen atoms in total. The summed E-state index contributed by atoms with van der Waals surface area (Å²) in [6.45, 7) is 1.77. The Balaban J connectivity index is 1.66. The van der Waals surface area contributed by atoms with Crippen LogP contribution in [0.2, 0.25) is 0 Å². The summed E-state index contributed by atoms with van der Waals surface area (Å²) < 4.78 is 37.9. The summed E-state index contributed by atoms with van der Waals surface area (Å²) in [6, 6.07) is 18.2. The largest absolute Gasteiger partial charge is 0.494 e. The predicted molar refractivity (Wildman–Crippen MR) is 134 cm³/mol. The van der Waals surface area contributed by atoms with Gasteiger partial charge in [-0.3, -0.25) is 9.59 Å². The van der Waals surface area contributed by atoms with E-state index in [0.29, 0.717) is 28.4 Å². The summed E-state index contributed by atoms with van der Waals surface area (Å²) in [6.07, 6.45) is -0.108. The standard InChI is InChI=1S/C25H27N3O6S/c1-17-9-11-19(12-10-17)35(31,32)26-14-13-24(29)27-20-15-23(34-3)21(16-22(20)33-2)28-25(30)18-7-5-4-6-8-18/h4-12,15-16,26H,13-14H2,1-3H3,(H,27,29)(H,28,30). The Kier molecular flexibility index (Phi) is 8.45. The van der Waals surface area contributed by atoms with Crippen LogP contribution in [0.3, 0.4) is 0 Å². The van der Waals surface area contributed by atoms with Gasteiger partial charge in [-0.25, -0.2) is 13.1 Å². The molecular weight excluding hydrogens is 470 g/mol. The van der Waals surface area contributed by atoms with E-state index in [1.54, 1.807) is 36.4 Å². The lowest BCUT2D eigenvalue weighted by Gasteiger charge is -2.16. The van der Waals surface area contributed by atoms with E-state index < -0.39 is 15.9 Å². The van der Waals surface area contributed by atoms with E-state index in [1.165, 1.54) is 38.5 Å². The maximum absolute atomic E-state index is 12.5. The van der Waals surface area contributed by atoms with E-state index in [-0.39, 0.29) is 23.8 Å². The number of aryl methyl sites for hydroxylation is 1. The van der Waals surface area contributed by atoms with Gasteiger partial charge in [0.2, 0.25) is 15.9 Å². The van der Waals surface area contributed by atoms with Gasteiger partial charge in [-0.2, -0.15) is 0 Å². The van der Waals surface area contributed by atoms with E-state index in [2.05, 4.69) is 15.4 Å². The number of rotatable bonds is 10. The quantitative estimate of drug-likeness (QED) is 0.394. The lowest BCUT2D eigenvalue weighted by atomic mass is 10.2. The van der Waals surface area contributed by atoms with Crippen molar-refractivity contribution in [2.24, 2.45) is 0 Å². The van der Waals surface area contributed by atoms with Gasteiger partial charge in [0.05, 0.1) is 30.5 Å². The van der Waals surface area contributed by atoms with E-state index in [4.69, 9.17) is 9.47 Å². The van der Waals surface area contributed by atoms with E-state index in [1.807, 2.05) is 13.0 Å². The molecule has 3 N–H and O–H groups in total. The van der Waals surface area contributed by atoms with Crippen molar-refractivity contribution in [3.05, 3.63) is 77.9 Å². The summed E-state index contributed by atoms with van der Waals surface area (Å²) >= 11 is 0. The number of sulfonamides is 1. The van der Waals surface area contributed by atoms with Crippen LogP contribution in [-0.4, -0.2) is 41.0 Å². The summed E-state index contributed by atoms with van der Waals surface area (Å²) in [5, 5.41) is 5.46. The summed E-state index contributed by atoms with van der Waals surface area (Å²) in [5.74, 6) is -0.158. The molecule has 3 aromatic carbocycles. The molecule has 0 saturated carbocycles. The van der Waals surface area contributed by atoms with E-state index in [9.17, 15) is 18.0 Å². The minimum Gasteiger partial charge on any atom is -0.494 e. The smallest absolute Gasteiger partial charge is 0.255 e. The fourth-order valence-electron chi connectivity index (χ4n) is 3.19. The fraction of sp³-hybridized carbons (Fsp3) is 0.200. The number of carbonyl (C=O) groups is 2. The number of benzene rings is 3. The third-order valence-electron chi connectivity index (χ3n) is 5.06. The number of nitrogens with one attached hydrogen (secondary N) is 3. The molecule has 0 aromatic heterocycles. The van der Waals surface area contributed by atoms with Crippen LogP contribution in [0.25, 0.3) is 0 Å². The predicted octanol–water partition coefficient (Wildman–Crippen LogP) is 3.57. The van der Waals surface area contributed by atoms with Crippen LogP contribution in [-0.2, 0) is 14.8 Å². The van der Waals surface area contributed by atoms with Gasteiger partial charge in [0, 0.05) is 30.7 Å². The van der Waals surface area contributed by atoms with Crippen molar-refractivity contribution >= 4 is 33.2 Å². The van der Waals surface area contributed by atoms with Crippen LogP contribution in [0.1, 0.15) is 22.3 Å². The molecule has 0 heterocycles. The molecular formula is C25H27N3O6S. The van der Waals surface area contributed by atoms with Gasteiger partial charge >= 0.3 is 0 Å². The average molecular weight is 498 g/mol. The second-order valence-electron chi connectivity index (χ2n) is 7.58. The molecule has 0 atom stereocenters. The Morgan fingerprint density at radius 3 is 1.97 bits per heavy atom. The molecule has 2 amide bonds. The highest BCUT2D eigenvalue weighted by atomic mass is 32.2. The molecule has 184 valence electrons.